The molecule has 1 aromatic carbocycles. The number of aliphatic hydroxyl groups excluding tert-OH is 2. The van der Waals surface area contributed by atoms with Crippen molar-refractivity contribution in [2.75, 3.05) is 13.7 Å². The fraction of sp³-hybridized carbons (Fsp3) is 0.364. The zero-order valence-electron chi connectivity index (χ0n) is 8.96. The van der Waals surface area contributed by atoms with Crippen molar-refractivity contribution in [3.8, 4) is 11.5 Å². The molecule has 5 nitrogen and oxygen atoms in total. The summed E-state index contributed by atoms with van der Waals surface area (Å²) in [5.74, 6) is 0.475. The van der Waals surface area contributed by atoms with Crippen LogP contribution in [0.1, 0.15) is 5.56 Å². The number of methoxy groups -OCH3 is 1. The van der Waals surface area contributed by atoms with Gasteiger partial charge in [0.15, 0.2) is 17.8 Å². The fourth-order valence-electron chi connectivity index (χ4n) is 1.22. The molecule has 1 aromatic rings. The Morgan fingerprint density at radius 3 is 2.81 bits per heavy atom. The molecule has 0 fully saturated rings. The molecule has 0 aliphatic rings. The van der Waals surface area contributed by atoms with E-state index in [0.29, 0.717) is 18.8 Å². The van der Waals surface area contributed by atoms with Crippen LogP contribution in [0.2, 0.25) is 0 Å². The lowest BCUT2D eigenvalue weighted by atomic mass is 10.1. The summed E-state index contributed by atoms with van der Waals surface area (Å²) in [6.07, 6.45) is -0.722. The van der Waals surface area contributed by atoms with E-state index in [4.69, 9.17) is 19.7 Å². The van der Waals surface area contributed by atoms with Gasteiger partial charge in [-0.3, -0.25) is 0 Å². The second-order valence-corrected chi connectivity index (χ2v) is 3.17. The van der Waals surface area contributed by atoms with Gasteiger partial charge in [0.1, 0.15) is 6.61 Å². The van der Waals surface area contributed by atoms with E-state index in [2.05, 4.69) is 0 Å². The summed E-state index contributed by atoms with van der Waals surface area (Å²) >= 11 is 0. The van der Waals surface area contributed by atoms with Gasteiger partial charge in [-0.2, -0.15) is 0 Å². The topological polar surface area (TPSA) is 79.2 Å². The lowest BCUT2D eigenvalue weighted by Gasteiger charge is -2.09. The Kier molecular flexibility index (Phi) is 5.04. The molecule has 0 saturated carbocycles. The normalized spacial score (nSPS) is 12.4. The SMILES string of the molecule is COc1cc(CCOC(O)[CH]O)ccc1O. The summed E-state index contributed by atoms with van der Waals surface area (Å²) < 4.78 is 9.79. The number of phenolic OH excluding ortho intramolecular Hbond substituents is 1. The lowest BCUT2D eigenvalue weighted by Crippen LogP contribution is -2.14. The van der Waals surface area contributed by atoms with E-state index < -0.39 is 6.29 Å². The molecule has 0 aromatic heterocycles. The van der Waals surface area contributed by atoms with E-state index in [1.54, 1.807) is 12.1 Å². The van der Waals surface area contributed by atoms with E-state index in [1.807, 2.05) is 0 Å². The number of ether oxygens (including phenoxy) is 2. The van der Waals surface area contributed by atoms with Crippen molar-refractivity contribution >= 4 is 0 Å². The molecular formula is C11H15O5. The van der Waals surface area contributed by atoms with E-state index in [1.165, 1.54) is 13.2 Å². The Bertz CT molecular complexity index is 326. The maximum Gasteiger partial charge on any atom is 0.183 e. The van der Waals surface area contributed by atoms with E-state index in [9.17, 15) is 5.11 Å². The molecule has 0 saturated heterocycles. The van der Waals surface area contributed by atoms with Crippen LogP contribution in [0.25, 0.3) is 0 Å². The predicted octanol–water partition coefficient (Wildman–Crippen LogP) is 0.813. The number of hydrogen-bond donors (Lipinski definition) is 3. The van der Waals surface area contributed by atoms with Crippen molar-refractivity contribution in [3.05, 3.63) is 30.4 Å². The molecule has 0 heterocycles. The number of aromatic hydroxyl groups is 1. The van der Waals surface area contributed by atoms with Gasteiger partial charge in [0, 0.05) is 0 Å². The largest absolute Gasteiger partial charge is 0.504 e. The Balaban J connectivity index is 2.48. The summed E-state index contributed by atoms with van der Waals surface area (Å²) in [6, 6.07) is 4.95. The first-order valence-electron chi connectivity index (χ1n) is 4.80. The highest BCUT2D eigenvalue weighted by Crippen LogP contribution is 2.26. The number of phenols is 1. The minimum Gasteiger partial charge on any atom is -0.504 e. The first-order valence-corrected chi connectivity index (χ1v) is 4.80. The molecule has 1 unspecified atom stereocenters. The van der Waals surface area contributed by atoms with E-state index in [0.717, 1.165) is 5.56 Å². The third-order valence-electron chi connectivity index (χ3n) is 2.05. The molecule has 0 spiro atoms. The van der Waals surface area contributed by atoms with E-state index >= 15 is 0 Å². The number of rotatable bonds is 6. The monoisotopic (exact) mass is 227 g/mol. The summed E-state index contributed by atoms with van der Waals surface area (Å²) in [7, 11) is 1.47. The third-order valence-corrected chi connectivity index (χ3v) is 2.05. The van der Waals surface area contributed by atoms with Gasteiger partial charge in [-0.25, -0.2) is 0 Å². The zero-order valence-corrected chi connectivity index (χ0v) is 8.96. The van der Waals surface area contributed by atoms with Crippen LogP contribution in [0.3, 0.4) is 0 Å². The average molecular weight is 227 g/mol. The minimum atomic E-state index is -1.26. The first kappa shape index (κ1) is 12.8. The van der Waals surface area contributed by atoms with Crippen LogP contribution in [-0.4, -0.2) is 35.3 Å². The van der Waals surface area contributed by atoms with Gasteiger partial charge < -0.3 is 24.8 Å². The summed E-state index contributed by atoms with van der Waals surface area (Å²) in [5.41, 5.74) is 0.903. The second kappa shape index (κ2) is 6.32. The minimum absolute atomic E-state index is 0.0795. The van der Waals surface area contributed by atoms with Crippen molar-refractivity contribution in [3.63, 3.8) is 0 Å². The summed E-state index contributed by atoms with van der Waals surface area (Å²) in [5, 5.41) is 26.6. The predicted molar refractivity (Wildman–Crippen MR) is 56.6 cm³/mol. The van der Waals surface area contributed by atoms with Crippen LogP contribution in [0.4, 0.5) is 0 Å². The molecule has 1 radical (unpaired) electrons. The number of aliphatic hydroxyl groups is 2. The standard InChI is InChI=1S/C11H15O5/c1-15-10-6-8(2-3-9(10)13)4-5-16-11(14)7-12/h2-3,6-7,11-14H,4-5H2,1H3. The quantitative estimate of drug-likeness (QED) is 0.627. The van der Waals surface area contributed by atoms with Gasteiger partial charge in [-0.1, -0.05) is 6.07 Å². The molecule has 3 N–H and O–H groups in total. The van der Waals surface area contributed by atoms with Gasteiger partial charge >= 0.3 is 0 Å². The molecule has 0 bridgehead atoms. The Labute approximate surface area is 93.9 Å². The van der Waals surface area contributed by atoms with Crippen molar-refractivity contribution in [2.45, 2.75) is 12.7 Å². The third kappa shape index (κ3) is 3.69. The number of benzene rings is 1. The van der Waals surface area contributed by atoms with Gasteiger partial charge in [-0.05, 0) is 24.1 Å². The molecule has 1 atom stereocenters. The van der Waals surface area contributed by atoms with Gasteiger partial charge in [0.2, 0.25) is 0 Å². The smallest absolute Gasteiger partial charge is 0.183 e. The van der Waals surface area contributed by atoms with Crippen molar-refractivity contribution in [1.82, 2.24) is 0 Å². The maximum absolute atomic E-state index is 9.35. The van der Waals surface area contributed by atoms with Crippen molar-refractivity contribution in [2.24, 2.45) is 0 Å². The van der Waals surface area contributed by atoms with Crippen LogP contribution in [0, 0.1) is 6.61 Å². The molecule has 16 heavy (non-hydrogen) atoms. The summed E-state index contributed by atoms with van der Waals surface area (Å²) in [6.45, 7) is 0.823. The maximum atomic E-state index is 9.35. The molecule has 89 valence electrons. The van der Waals surface area contributed by atoms with Crippen molar-refractivity contribution < 1.29 is 24.8 Å². The highest BCUT2D eigenvalue weighted by Gasteiger charge is 2.05. The molecule has 1 rings (SSSR count). The fourth-order valence-corrected chi connectivity index (χ4v) is 1.22. The lowest BCUT2D eigenvalue weighted by molar-refractivity contribution is -0.0973. The van der Waals surface area contributed by atoms with Crippen LogP contribution in [0.5, 0.6) is 11.5 Å². The van der Waals surface area contributed by atoms with Crippen LogP contribution in [-0.2, 0) is 11.2 Å². The van der Waals surface area contributed by atoms with Crippen LogP contribution < -0.4 is 4.74 Å². The first-order chi connectivity index (χ1) is 7.67. The van der Waals surface area contributed by atoms with Crippen molar-refractivity contribution in [1.29, 1.82) is 0 Å². The summed E-state index contributed by atoms with van der Waals surface area (Å²) in [4.78, 5) is 0. The van der Waals surface area contributed by atoms with Gasteiger partial charge in [0.25, 0.3) is 0 Å². The highest BCUT2D eigenvalue weighted by molar-refractivity contribution is 5.41. The van der Waals surface area contributed by atoms with E-state index in [-0.39, 0.29) is 12.4 Å². The van der Waals surface area contributed by atoms with Crippen LogP contribution >= 0.6 is 0 Å². The Morgan fingerprint density at radius 2 is 2.19 bits per heavy atom. The number of hydrogen-bond acceptors (Lipinski definition) is 5. The second-order valence-electron chi connectivity index (χ2n) is 3.17. The Morgan fingerprint density at radius 1 is 1.44 bits per heavy atom. The molecule has 0 aliphatic heterocycles. The molecule has 5 heteroatoms. The van der Waals surface area contributed by atoms with Gasteiger partial charge in [-0.15, -0.1) is 0 Å². The molecular weight excluding hydrogens is 212 g/mol. The Hall–Kier alpha value is -1.30. The highest BCUT2D eigenvalue weighted by atomic mass is 16.6. The van der Waals surface area contributed by atoms with Crippen LogP contribution in [0.15, 0.2) is 18.2 Å². The molecule has 0 amide bonds. The zero-order chi connectivity index (χ0) is 12.0. The van der Waals surface area contributed by atoms with Gasteiger partial charge in [0.05, 0.1) is 13.7 Å². The average Bonchev–Trinajstić information content (AvgIpc) is 2.31. The molecule has 0 aliphatic carbocycles.